The van der Waals surface area contributed by atoms with Crippen molar-refractivity contribution in [3.8, 4) is 6.07 Å². The van der Waals surface area contributed by atoms with Crippen LogP contribution in [0.3, 0.4) is 0 Å². The molecule has 0 saturated carbocycles. The molecule has 0 aliphatic carbocycles. The number of hydrogen-bond acceptors (Lipinski definition) is 5. The minimum absolute atomic E-state index is 0.129. The molecule has 0 fully saturated rings. The van der Waals surface area contributed by atoms with Gasteiger partial charge in [0.15, 0.2) is 0 Å². The second-order valence-electron chi connectivity index (χ2n) is 6.07. The molecule has 3 aromatic carbocycles. The van der Waals surface area contributed by atoms with Crippen LogP contribution < -0.4 is 10.1 Å². The van der Waals surface area contributed by atoms with Crippen molar-refractivity contribution < 1.29 is 13.2 Å². The van der Waals surface area contributed by atoms with Crippen LogP contribution >= 0.6 is 15.9 Å². The number of sulfonamides is 1. The van der Waals surface area contributed by atoms with E-state index >= 15 is 0 Å². The highest BCUT2D eigenvalue weighted by Gasteiger charge is 2.14. The minimum Gasteiger partial charge on any atom is -0.280 e. The predicted molar refractivity (Wildman–Crippen MR) is 118 cm³/mol. The molecule has 7 nitrogen and oxygen atoms in total. The van der Waals surface area contributed by atoms with Gasteiger partial charge in [0.2, 0.25) is 0 Å². The van der Waals surface area contributed by atoms with Crippen molar-refractivity contribution in [3.63, 3.8) is 0 Å². The van der Waals surface area contributed by atoms with Crippen LogP contribution in [0.15, 0.2) is 87.3 Å². The summed E-state index contributed by atoms with van der Waals surface area (Å²) in [4.78, 5) is 12.3. The fourth-order valence-electron chi connectivity index (χ4n) is 2.39. The maximum atomic E-state index is 12.4. The van der Waals surface area contributed by atoms with Crippen LogP contribution in [-0.4, -0.2) is 20.5 Å². The maximum Gasteiger partial charge on any atom is 0.271 e. The van der Waals surface area contributed by atoms with Gasteiger partial charge in [-0.1, -0.05) is 28.1 Å². The van der Waals surface area contributed by atoms with Crippen molar-refractivity contribution in [1.82, 2.24) is 5.43 Å². The quantitative estimate of drug-likeness (QED) is 0.409. The average Bonchev–Trinajstić information content (AvgIpc) is 2.74. The summed E-state index contributed by atoms with van der Waals surface area (Å²) in [6, 6.07) is 21.0. The summed E-state index contributed by atoms with van der Waals surface area (Å²) in [5.41, 5.74) is 4.31. The average molecular weight is 483 g/mol. The van der Waals surface area contributed by atoms with Crippen LogP contribution in [0.1, 0.15) is 21.5 Å². The van der Waals surface area contributed by atoms with Gasteiger partial charge in [0.05, 0.1) is 22.7 Å². The summed E-state index contributed by atoms with van der Waals surface area (Å²) < 4.78 is 28.1. The SMILES string of the molecule is N#Cc1ccc(/C=N\NC(=O)c2ccc(NS(=O)(=O)c3ccc(Br)cc3)cc2)cc1. The predicted octanol–water partition coefficient (Wildman–Crippen LogP) is 3.89. The molecular formula is C21H15BrN4O3S. The number of nitrogens with zero attached hydrogens (tertiary/aromatic N) is 2. The molecule has 0 aliphatic heterocycles. The Balaban J connectivity index is 1.61. The van der Waals surface area contributed by atoms with Gasteiger partial charge in [-0.3, -0.25) is 9.52 Å². The van der Waals surface area contributed by atoms with Crippen molar-refractivity contribution in [1.29, 1.82) is 5.26 Å². The number of nitriles is 1. The Morgan fingerprint density at radius 3 is 2.20 bits per heavy atom. The van der Waals surface area contributed by atoms with Crippen molar-refractivity contribution in [3.05, 3.63) is 94.0 Å². The summed E-state index contributed by atoms with van der Waals surface area (Å²) >= 11 is 3.26. The van der Waals surface area contributed by atoms with Crippen molar-refractivity contribution in [2.24, 2.45) is 5.10 Å². The molecule has 0 radical (unpaired) electrons. The monoisotopic (exact) mass is 482 g/mol. The van der Waals surface area contributed by atoms with Crippen molar-refractivity contribution >= 4 is 43.8 Å². The lowest BCUT2D eigenvalue weighted by molar-refractivity contribution is 0.0955. The van der Waals surface area contributed by atoms with Crippen molar-refractivity contribution in [2.45, 2.75) is 4.90 Å². The summed E-state index contributed by atoms with van der Waals surface area (Å²) in [5.74, 6) is -0.442. The molecule has 0 bridgehead atoms. The first-order valence-electron chi connectivity index (χ1n) is 8.59. The van der Waals surface area contributed by atoms with E-state index in [1.807, 2.05) is 6.07 Å². The van der Waals surface area contributed by atoms with E-state index in [9.17, 15) is 13.2 Å². The van der Waals surface area contributed by atoms with E-state index in [2.05, 4.69) is 31.2 Å². The molecule has 0 heterocycles. The molecule has 0 spiro atoms. The topological polar surface area (TPSA) is 111 Å². The van der Waals surface area contributed by atoms with Crippen LogP contribution in [0.5, 0.6) is 0 Å². The Morgan fingerprint density at radius 2 is 1.60 bits per heavy atom. The first-order valence-corrected chi connectivity index (χ1v) is 10.9. The lowest BCUT2D eigenvalue weighted by atomic mass is 10.2. The molecule has 30 heavy (non-hydrogen) atoms. The number of rotatable bonds is 6. The number of amides is 1. The summed E-state index contributed by atoms with van der Waals surface area (Å²) in [5, 5.41) is 12.7. The molecule has 9 heteroatoms. The molecule has 1 amide bonds. The van der Waals surface area contributed by atoms with Crippen LogP contribution in [0.4, 0.5) is 5.69 Å². The highest BCUT2D eigenvalue weighted by molar-refractivity contribution is 9.10. The maximum absolute atomic E-state index is 12.4. The van der Waals surface area contributed by atoms with Gasteiger partial charge >= 0.3 is 0 Å². The second-order valence-corrected chi connectivity index (χ2v) is 8.67. The third-order valence-corrected chi connectivity index (χ3v) is 5.87. The Labute approximate surface area is 182 Å². The lowest BCUT2D eigenvalue weighted by Gasteiger charge is -2.09. The van der Waals surface area contributed by atoms with Crippen molar-refractivity contribution in [2.75, 3.05) is 4.72 Å². The Kier molecular flexibility index (Phi) is 6.61. The van der Waals surface area contributed by atoms with Crippen LogP contribution in [0.25, 0.3) is 0 Å². The fraction of sp³-hybridized carbons (Fsp3) is 0. The molecule has 0 saturated heterocycles. The lowest BCUT2D eigenvalue weighted by Crippen LogP contribution is -2.18. The Morgan fingerprint density at radius 1 is 0.967 bits per heavy atom. The highest BCUT2D eigenvalue weighted by atomic mass is 79.9. The number of carbonyl (C=O) groups is 1. The van der Waals surface area contributed by atoms with Gasteiger partial charge in [-0.25, -0.2) is 13.8 Å². The highest BCUT2D eigenvalue weighted by Crippen LogP contribution is 2.19. The molecule has 0 aliphatic rings. The molecule has 3 rings (SSSR count). The van der Waals surface area contributed by atoms with Gasteiger partial charge < -0.3 is 0 Å². The zero-order chi connectivity index (χ0) is 21.6. The molecule has 3 aromatic rings. The van der Waals surface area contributed by atoms with E-state index in [1.165, 1.54) is 42.6 Å². The van der Waals surface area contributed by atoms with Crippen LogP contribution in [-0.2, 0) is 10.0 Å². The first-order chi connectivity index (χ1) is 14.4. The number of anilines is 1. The van der Waals surface area contributed by atoms with E-state index in [0.717, 1.165) is 10.0 Å². The molecular weight excluding hydrogens is 468 g/mol. The number of benzene rings is 3. The van der Waals surface area contributed by atoms with Gasteiger partial charge in [0, 0.05) is 15.7 Å². The van der Waals surface area contributed by atoms with Gasteiger partial charge in [0.1, 0.15) is 0 Å². The number of carbonyl (C=O) groups excluding carboxylic acids is 1. The zero-order valence-corrected chi connectivity index (χ0v) is 17.8. The first kappa shape index (κ1) is 21.2. The van der Waals surface area contributed by atoms with Gasteiger partial charge in [-0.2, -0.15) is 10.4 Å². The second kappa shape index (κ2) is 9.35. The smallest absolute Gasteiger partial charge is 0.271 e. The standard InChI is InChI=1S/C21H15BrN4O3S/c22-18-7-11-20(12-8-18)30(28,29)26-19-9-5-17(6-10-19)21(27)25-24-14-16-3-1-15(13-23)2-4-16/h1-12,14,26H,(H,25,27)/b24-14-. The molecule has 0 atom stereocenters. The third-order valence-electron chi connectivity index (χ3n) is 3.94. The fourth-order valence-corrected chi connectivity index (χ4v) is 3.71. The van der Waals surface area contributed by atoms with Gasteiger partial charge in [0.25, 0.3) is 15.9 Å². The molecule has 2 N–H and O–H groups in total. The Hall–Kier alpha value is -3.48. The van der Waals surface area contributed by atoms with E-state index < -0.39 is 15.9 Å². The summed E-state index contributed by atoms with van der Waals surface area (Å²) in [7, 11) is -3.73. The number of hydrogen-bond donors (Lipinski definition) is 2. The Bertz CT molecular complexity index is 1220. The molecule has 0 aromatic heterocycles. The van der Waals surface area contributed by atoms with Crippen LogP contribution in [0.2, 0.25) is 0 Å². The number of halogens is 1. The van der Waals surface area contributed by atoms with E-state index in [4.69, 9.17) is 5.26 Å². The van der Waals surface area contributed by atoms with Gasteiger partial charge in [-0.15, -0.1) is 0 Å². The zero-order valence-electron chi connectivity index (χ0n) is 15.4. The van der Waals surface area contributed by atoms with E-state index in [1.54, 1.807) is 36.4 Å². The van der Waals surface area contributed by atoms with Crippen LogP contribution in [0, 0.1) is 11.3 Å². The summed E-state index contributed by atoms with van der Waals surface area (Å²) in [6.07, 6.45) is 1.46. The third kappa shape index (κ3) is 5.53. The number of hydrazone groups is 1. The summed E-state index contributed by atoms with van der Waals surface area (Å²) in [6.45, 7) is 0. The minimum atomic E-state index is -3.73. The number of nitrogens with one attached hydrogen (secondary N) is 2. The van der Waals surface area contributed by atoms with E-state index in [0.29, 0.717) is 16.8 Å². The van der Waals surface area contributed by atoms with Gasteiger partial charge in [-0.05, 0) is 66.2 Å². The molecule has 150 valence electrons. The van der Waals surface area contributed by atoms with E-state index in [-0.39, 0.29) is 4.90 Å². The molecule has 0 unspecified atom stereocenters. The normalized spacial score (nSPS) is 11.1. The largest absolute Gasteiger partial charge is 0.280 e.